The Morgan fingerprint density at radius 2 is 1.91 bits per heavy atom. The third kappa shape index (κ3) is 6.29. The summed E-state index contributed by atoms with van der Waals surface area (Å²) in [6.45, 7) is 0.403. The molecule has 33 heavy (non-hydrogen) atoms. The second-order valence-electron chi connectivity index (χ2n) is 7.30. The summed E-state index contributed by atoms with van der Waals surface area (Å²) in [7, 11) is 0. The summed E-state index contributed by atoms with van der Waals surface area (Å²) in [5, 5.41) is 4.10. The molecule has 1 aliphatic heterocycles. The van der Waals surface area contributed by atoms with Gasteiger partial charge >= 0.3 is 0 Å². The van der Waals surface area contributed by atoms with Gasteiger partial charge in [0, 0.05) is 35.5 Å². The van der Waals surface area contributed by atoms with Gasteiger partial charge in [0.1, 0.15) is 4.32 Å². The molecule has 1 aliphatic rings. The molecule has 0 bridgehead atoms. The van der Waals surface area contributed by atoms with E-state index in [9.17, 15) is 9.59 Å². The molecule has 2 heterocycles. The molecular weight excluding hydrogens is 494 g/mol. The van der Waals surface area contributed by atoms with Crippen LogP contribution in [0, 0.1) is 0 Å². The number of halogens is 1. The molecule has 0 saturated carbocycles. The standard InChI is InChI=1S/C24H20ClN3O2S3/c25-19-10-5-4-9-17(19)14-18-15-26-23(32-18)27-21(29)11-6-12-28-22(30)20(33-24(28)31)13-16-7-2-1-3-8-16/h1-5,7-10,13,15H,6,11-12,14H2,(H,26,27,29)/b20-13+. The third-order valence-electron chi connectivity index (χ3n) is 4.88. The van der Waals surface area contributed by atoms with Gasteiger partial charge in [0.25, 0.3) is 5.91 Å². The summed E-state index contributed by atoms with van der Waals surface area (Å²) in [6, 6.07) is 17.3. The average Bonchev–Trinajstić information content (AvgIpc) is 3.34. The van der Waals surface area contributed by atoms with E-state index in [-0.39, 0.29) is 18.2 Å². The van der Waals surface area contributed by atoms with Crippen LogP contribution in [0.5, 0.6) is 0 Å². The number of carbonyl (C=O) groups excluding carboxylic acids is 2. The molecule has 3 aromatic rings. The summed E-state index contributed by atoms with van der Waals surface area (Å²) in [6.07, 6.45) is 5.04. The molecule has 0 unspecified atom stereocenters. The average molecular weight is 514 g/mol. The number of aromatic nitrogens is 1. The SMILES string of the molecule is O=C(CCCN1C(=O)/C(=C\c2ccccc2)SC1=S)Nc1ncc(Cc2ccccc2Cl)s1. The van der Waals surface area contributed by atoms with E-state index in [1.165, 1.54) is 23.1 Å². The van der Waals surface area contributed by atoms with Crippen LogP contribution in [0.15, 0.2) is 65.7 Å². The second-order valence-corrected chi connectivity index (χ2v) is 10.5. The zero-order valence-electron chi connectivity index (χ0n) is 17.5. The molecule has 1 fully saturated rings. The normalized spacial score (nSPS) is 14.8. The number of anilines is 1. The molecule has 4 rings (SSSR count). The Labute approximate surface area is 210 Å². The first kappa shape index (κ1) is 23.6. The van der Waals surface area contributed by atoms with Crippen molar-refractivity contribution in [2.24, 2.45) is 0 Å². The van der Waals surface area contributed by atoms with E-state index in [4.69, 9.17) is 23.8 Å². The largest absolute Gasteiger partial charge is 0.302 e. The van der Waals surface area contributed by atoms with Gasteiger partial charge in [-0.3, -0.25) is 14.5 Å². The number of hydrogen-bond donors (Lipinski definition) is 1. The lowest BCUT2D eigenvalue weighted by atomic mass is 10.1. The van der Waals surface area contributed by atoms with Crippen molar-refractivity contribution < 1.29 is 9.59 Å². The lowest BCUT2D eigenvalue weighted by Crippen LogP contribution is -2.29. The number of benzene rings is 2. The van der Waals surface area contributed by atoms with Crippen LogP contribution in [0.25, 0.3) is 6.08 Å². The number of rotatable bonds is 8. The number of nitrogens with zero attached hydrogens (tertiary/aromatic N) is 2. The van der Waals surface area contributed by atoms with E-state index in [1.54, 1.807) is 11.1 Å². The summed E-state index contributed by atoms with van der Waals surface area (Å²) in [4.78, 5) is 32.5. The van der Waals surface area contributed by atoms with Gasteiger partial charge in [-0.15, -0.1) is 11.3 Å². The van der Waals surface area contributed by atoms with E-state index in [1.807, 2.05) is 60.7 Å². The number of hydrogen-bond acceptors (Lipinski definition) is 6. The highest BCUT2D eigenvalue weighted by Crippen LogP contribution is 2.32. The minimum absolute atomic E-state index is 0.113. The van der Waals surface area contributed by atoms with E-state index in [0.29, 0.717) is 38.8 Å². The van der Waals surface area contributed by atoms with Gasteiger partial charge < -0.3 is 5.32 Å². The van der Waals surface area contributed by atoms with Crippen LogP contribution < -0.4 is 5.32 Å². The molecule has 0 aliphatic carbocycles. The molecule has 0 spiro atoms. The highest BCUT2D eigenvalue weighted by atomic mass is 35.5. The van der Waals surface area contributed by atoms with Crippen LogP contribution in [-0.4, -0.2) is 32.6 Å². The number of thioether (sulfide) groups is 1. The minimum atomic E-state index is -0.140. The number of nitrogens with one attached hydrogen (secondary N) is 1. The van der Waals surface area contributed by atoms with Crippen LogP contribution >= 0.6 is 46.9 Å². The number of thiocarbonyl (C=S) groups is 1. The summed E-state index contributed by atoms with van der Waals surface area (Å²) in [5.74, 6) is -0.252. The van der Waals surface area contributed by atoms with Gasteiger partial charge in [-0.2, -0.15) is 0 Å². The predicted octanol–water partition coefficient (Wildman–Crippen LogP) is 6.01. The second kappa shape index (κ2) is 11.1. The fraction of sp³-hybridized carbons (Fsp3) is 0.167. The van der Waals surface area contributed by atoms with E-state index >= 15 is 0 Å². The van der Waals surface area contributed by atoms with Crippen molar-refractivity contribution in [3.05, 3.63) is 86.7 Å². The molecule has 0 atom stereocenters. The lowest BCUT2D eigenvalue weighted by molar-refractivity contribution is -0.122. The van der Waals surface area contributed by atoms with Gasteiger partial charge in [0.15, 0.2) is 5.13 Å². The summed E-state index contributed by atoms with van der Waals surface area (Å²) >= 11 is 14.3. The van der Waals surface area contributed by atoms with Gasteiger partial charge in [-0.1, -0.05) is 84.1 Å². The van der Waals surface area contributed by atoms with Crippen molar-refractivity contribution in [2.75, 3.05) is 11.9 Å². The maximum absolute atomic E-state index is 12.7. The van der Waals surface area contributed by atoms with Crippen LogP contribution in [0.4, 0.5) is 5.13 Å². The first-order valence-corrected chi connectivity index (χ1v) is 12.7. The van der Waals surface area contributed by atoms with Crippen molar-refractivity contribution in [1.82, 2.24) is 9.88 Å². The zero-order chi connectivity index (χ0) is 23.2. The van der Waals surface area contributed by atoms with Crippen molar-refractivity contribution in [3.8, 4) is 0 Å². The van der Waals surface area contributed by atoms with Crippen LogP contribution in [0.1, 0.15) is 28.8 Å². The van der Waals surface area contributed by atoms with Gasteiger partial charge in [-0.25, -0.2) is 4.98 Å². The fourth-order valence-electron chi connectivity index (χ4n) is 3.25. The molecule has 0 radical (unpaired) electrons. The Bertz CT molecular complexity index is 1210. The molecule has 1 saturated heterocycles. The Morgan fingerprint density at radius 3 is 2.70 bits per heavy atom. The van der Waals surface area contributed by atoms with Crippen molar-refractivity contribution in [3.63, 3.8) is 0 Å². The van der Waals surface area contributed by atoms with Crippen molar-refractivity contribution in [2.45, 2.75) is 19.3 Å². The maximum Gasteiger partial charge on any atom is 0.266 e. The van der Waals surface area contributed by atoms with E-state index < -0.39 is 0 Å². The van der Waals surface area contributed by atoms with Gasteiger partial charge in [0.05, 0.1) is 4.91 Å². The highest BCUT2D eigenvalue weighted by Gasteiger charge is 2.31. The van der Waals surface area contributed by atoms with Crippen LogP contribution in [0.2, 0.25) is 5.02 Å². The molecule has 1 N–H and O–H groups in total. The van der Waals surface area contributed by atoms with E-state index in [2.05, 4.69) is 10.3 Å². The smallest absolute Gasteiger partial charge is 0.266 e. The number of thiazole rings is 1. The Morgan fingerprint density at radius 1 is 1.15 bits per heavy atom. The zero-order valence-corrected chi connectivity index (χ0v) is 20.7. The van der Waals surface area contributed by atoms with Crippen molar-refractivity contribution >= 4 is 74.3 Å². The molecule has 9 heteroatoms. The molecule has 168 valence electrons. The molecule has 5 nitrogen and oxygen atoms in total. The maximum atomic E-state index is 12.7. The molecule has 2 aromatic carbocycles. The molecule has 2 amide bonds. The molecular formula is C24H20ClN3O2S3. The van der Waals surface area contributed by atoms with Crippen LogP contribution in [0.3, 0.4) is 0 Å². The van der Waals surface area contributed by atoms with Crippen molar-refractivity contribution in [1.29, 1.82) is 0 Å². The van der Waals surface area contributed by atoms with Gasteiger partial charge in [-0.05, 0) is 29.7 Å². The first-order chi connectivity index (χ1) is 16.0. The van der Waals surface area contributed by atoms with E-state index in [0.717, 1.165) is 16.0 Å². The Kier molecular flexibility index (Phi) is 7.93. The fourth-order valence-corrected chi connectivity index (χ4v) is 5.61. The summed E-state index contributed by atoms with van der Waals surface area (Å²) in [5.41, 5.74) is 1.97. The number of amides is 2. The third-order valence-corrected chi connectivity index (χ3v) is 7.54. The Hall–Kier alpha value is -2.52. The Balaban J connectivity index is 1.26. The topological polar surface area (TPSA) is 62.3 Å². The quantitative estimate of drug-likeness (QED) is 0.295. The minimum Gasteiger partial charge on any atom is -0.302 e. The van der Waals surface area contributed by atoms with Gasteiger partial charge in [0.2, 0.25) is 5.91 Å². The van der Waals surface area contributed by atoms with Crippen LogP contribution in [-0.2, 0) is 16.0 Å². The molecule has 1 aromatic heterocycles. The monoisotopic (exact) mass is 513 g/mol. The highest BCUT2D eigenvalue weighted by molar-refractivity contribution is 8.26. The summed E-state index contributed by atoms with van der Waals surface area (Å²) < 4.78 is 0.520. The first-order valence-electron chi connectivity index (χ1n) is 10.3. The number of carbonyl (C=O) groups is 2. The predicted molar refractivity (Wildman–Crippen MR) is 141 cm³/mol. The lowest BCUT2D eigenvalue weighted by Gasteiger charge is -2.13.